The molecule has 0 aliphatic carbocycles. The average molecular weight is 424 g/mol. The molecule has 0 spiro atoms. The lowest BCUT2D eigenvalue weighted by molar-refractivity contribution is -0.124. The Labute approximate surface area is 172 Å². The summed E-state index contributed by atoms with van der Waals surface area (Å²) in [5.74, 6) is 0.0483. The summed E-state index contributed by atoms with van der Waals surface area (Å²) in [6, 6.07) is 7.91. The number of nitrogens with zero attached hydrogens (tertiary/aromatic N) is 3. The van der Waals surface area contributed by atoms with Gasteiger partial charge in [0.15, 0.2) is 15.0 Å². The van der Waals surface area contributed by atoms with E-state index in [2.05, 4.69) is 23.7 Å². The minimum absolute atomic E-state index is 0.0843. The number of sulfone groups is 1. The predicted octanol–water partition coefficient (Wildman–Crippen LogP) is 3.18. The van der Waals surface area contributed by atoms with Gasteiger partial charge in [-0.25, -0.2) is 8.42 Å². The molecule has 0 bridgehead atoms. The van der Waals surface area contributed by atoms with Crippen LogP contribution in [0.25, 0.3) is 0 Å². The fraction of sp³-hybridized carbons (Fsp3) is 0.600. The van der Waals surface area contributed by atoms with Crippen LogP contribution in [0.2, 0.25) is 0 Å². The van der Waals surface area contributed by atoms with Crippen LogP contribution in [0.3, 0.4) is 0 Å². The van der Waals surface area contributed by atoms with Crippen molar-refractivity contribution in [1.82, 2.24) is 0 Å². The summed E-state index contributed by atoms with van der Waals surface area (Å²) in [5, 5.41) is 0.527. The van der Waals surface area contributed by atoms with Crippen LogP contribution >= 0.6 is 11.8 Å². The van der Waals surface area contributed by atoms with Gasteiger partial charge in [-0.1, -0.05) is 32.5 Å². The minimum atomic E-state index is -3.07. The lowest BCUT2D eigenvalue weighted by atomic mass is 9.96. The molecule has 3 rings (SSSR count). The Bertz CT molecular complexity index is 869. The SMILES string of the molecule is CCN(CC)c1ccc(N2C(=NC(=O)C(C)(C)C)S[C@@H]3CS(=O)(=O)C[C@H]32)cc1. The van der Waals surface area contributed by atoms with Gasteiger partial charge in [0.25, 0.3) is 5.91 Å². The third-order valence-corrected chi connectivity index (χ3v) is 8.37. The van der Waals surface area contributed by atoms with Crippen molar-refractivity contribution >= 4 is 44.0 Å². The van der Waals surface area contributed by atoms with E-state index in [-0.39, 0.29) is 28.7 Å². The first-order valence-corrected chi connectivity index (χ1v) is 12.4. The molecule has 28 heavy (non-hydrogen) atoms. The first-order chi connectivity index (χ1) is 13.1. The molecule has 0 radical (unpaired) electrons. The van der Waals surface area contributed by atoms with E-state index >= 15 is 0 Å². The van der Waals surface area contributed by atoms with E-state index in [9.17, 15) is 13.2 Å². The lowest BCUT2D eigenvalue weighted by Gasteiger charge is -2.27. The van der Waals surface area contributed by atoms with Crippen LogP contribution in [-0.2, 0) is 14.6 Å². The highest BCUT2D eigenvalue weighted by molar-refractivity contribution is 8.16. The molecule has 2 aliphatic rings. The number of thioether (sulfide) groups is 1. The van der Waals surface area contributed by atoms with Crippen molar-refractivity contribution in [3.63, 3.8) is 0 Å². The Kier molecular flexibility index (Phi) is 5.83. The highest BCUT2D eigenvalue weighted by Gasteiger charge is 2.49. The standard InChI is InChI=1S/C20H29N3O3S2/c1-6-22(7-2)14-8-10-15(11-9-14)23-16-12-28(25,26)13-17(16)27-19(23)21-18(24)20(3,4)5/h8-11,16-17H,6-7,12-13H2,1-5H3/t16-,17-/m1/s1. The largest absolute Gasteiger partial charge is 0.372 e. The molecular formula is C20H29N3O3S2. The smallest absolute Gasteiger partial charge is 0.253 e. The Morgan fingerprint density at radius 1 is 1.18 bits per heavy atom. The van der Waals surface area contributed by atoms with E-state index in [0.29, 0.717) is 5.17 Å². The maximum absolute atomic E-state index is 12.5. The Morgan fingerprint density at radius 3 is 2.32 bits per heavy atom. The predicted molar refractivity (Wildman–Crippen MR) is 118 cm³/mol. The molecule has 2 saturated heterocycles. The van der Waals surface area contributed by atoms with E-state index in [4.69, 9.17) is 0 Å². The van der Waals surface area contributed by atoms with Gasteiger partial charge in [-0.15, -0.1) is 0 Å². The summed E-state index contributed by atoms with van der Waals surface area (Å²) in [6.07, 6.45) is 0. The summed E-state index contributed by atoms with van der Waals surface area (Å²) in [5.41, 5.74) is 1.43. The van der Waals surface area contributed by atoms with E-state index in [1.54, 1.807) is 0 Å². The molecule has 2 atom stereocenters. The molecule has 8 heteroatoms. The van der Waals surface area contributed by atoms with Gasteiger partial charge in [0, 0.05) is 35.1 Å². The van der Waals surface area contributed by atoms with E-state index in [1.165, 1.54) is 11.8 Å². The molecule has 6 nitrogen and oxygen atoms in total. The normalized spacial score (nSPS) is 25.2. The lowest BCUT2D eigenvalue weighted by Crippen LogP contribution is -2.38. The fourth-order valence-corrected chi connectivity index (χ4v) is 7.45. The van der Waals surface area contributed by atoms with Crippen LogP contribution < -0.4 is 9.80 Å². The van der Waals surface area contributed by atoms with Crippen molar-refractivity contribution in [2.45, 2.75) is 45.9 Å². The molecule has 1 amide bonds. The molecule has 0 unspecified atom stereocenters. The summed E-state index contributed by atoms with van der Waals surface area (Å²) in [6.45, 7) is 11.6. The highest BCUT2D eigenvalue weighted by Crippen LogP contribution is 2.41. The van der Waals surface area contributed by atoms with E-state index in [0.717, 1.165) is 24.5 Å². The van der Waals surface area contributed by atoms with Crippen LogP contribution in [0, 0.1) is 5.41 Å². The molecule has 0 N–H and O–H groups in total. The Hall–Kier alpha value is -1.54. The van der Waals surface area contributed by atoms with Crippen LogP contribution in [0.5, 0.6) is 0 Å². The number of amides is 1. The molecule has 0 saturated carbocycles. The number of anilines is 2. The molecule has 1 aromatic carbocycles. The van der Waals surface area contributed by atoms with Crippen LogP contribution in [0.15, 0.2) is 29.3 Å². The van der Waals surface area contributed by atoms with E-state index in [1.807, 2.05) is 49.9 Å². The third kappa shape index (κ3) is 4.22. The average Bonchev–Trinajstić information content (AvgIpc) is 3.06. The number of amidine groups is 1. The molecular weight excluding hydrogens is 394 g/mol. The number of aliphatic imine (C=N–C) groups is 1. The van der Waals surface area contributed by atoms with Crippen LogP contribution in [-0.4, -0.2) is 55.4 Å². The second-order valence-electron chi connectivity index (χ2n) is 8.31. The van der Waals surface area contributed by atoms with Crippen molar-refractivity contribution in [2.75, 3.05) is 34.4 Å². The van der Waals surface area contributed by atoms with Crippen LogP contribution in [0.1, 0.15) is 34.6 Å². The number of fused-ring (bicyclic) bond motifs is 1. The van der Waals surface area contributed by atoms with Crippen molar-refractivity contribution in [3.05, 3.63) is 24.3 Å². The van der Waals surface area contributed by atoms with Gasteiger partial charge in [0.2, 0.25) is 0 Å². The fourth-order valence-electron chi connectivity index (χ4n) is 3.53. The van der Waals surface area contributed by atoms with Gasteiger partial charge >= 0.3 is 0 Å². The van der Waals surface area contributed by atoms with Crippen LogP contribution in [0.4, 0.5) is 11.4 Å². The number of carbonyl (C=O) groups excluding carboxylic acids is 1. The molecule has 0 aromatic heterocycles. The monoisotopic (exact) mass is 423 g/mol. The zero-order valence-corrected chi connectivity index (χ0v) is 18.8. The molecule has 1 aromatic rings. The number of hydrogen-bond acceptors (Lipinski definition) is 5. The van der Waals surface area contributed by atoms with Gasteiger partial charge < -0.3 is 9.80 Å². The topological polar surface area (TPSA) is 70.0 Å². The summed E-state index contributed by atoms with van der Waals surface area (Å²) in [7, 11) is -3.07. The molecule has 2 aliphatic heterocycles. The number of benzene rings is 1. The van der Waals surface area contributed by atoms with Gasteiger partial charge in [-0.3, -0.25) is 4.79 Å². The summed E-state index contributed by atoms with van der Waals surface area (Å²) < 4.78 is 24.4. The molecule has 2 fully saturated rings. The van der Waals surface area contributed by atoms with Crippen molar-refractivity contribution in [2.24, 2.45) is 10.4 Å². The first kappa shape index (κ1) is 21.2. The maximum atomic E-state index is 12.5. The number of carbonyl (C=O) groups is 1. The van der Waals surface area contributed by atoms with Gasteiger partial charge in [0.1, 0.15) is 0 Å². The second kappa shape index (κ2) is 7.71. The molecule has 2 heterocycles. The van der Waals surface area contributed by atoms with Crippen molar-refractivity contribution in [3.8, 4) is 0 Å². The zero-order valence-electron chi connectivity index (χ0n) is 17.2. The summed E-state index contributed by atoms with van der Waals surface area (Å²) >= 11 is 1.42. The van der Waals surface area contributed by atoms with Crippen molar-refractivity contribution in [1.29, 1.82) is 0 Å². The highest BCUT2D eigenvalue weighted by atomic mass is 32.2. The zero-order chi connectivity index (χ0) is 20.7. The maximum Gasteiger partial charge on any atom is 0.253 e. The van der Waals surface area contributed by atoms with Crippen molar-refractivity contribution < 1.29 is 13.2 Å². The number of rotatable bonds is 4. The first-order valence-electron chi connectivity index (χ1n) is 9.70. The number of hydrogen-bond donors (Lipinski definition) is 0. The summed E-state index contributed by atoms with van der Waals surface area (Å²) in [4.78, 5) is 21.1. The second-order valence-corrected chi connectivity index (χ2v) is 11.7. The quantitative estimate of drug-likeness (QED) is 0.741. The van der Waals surface area contributed by atoms with Gasteiger partial charge in [0.05, 0.1) is 17.5 Å². The van der Waals surface area contributed by atoms with E-state index < -0.39 is 15.3 Å². The third-order valence-electron chi connectivity index (χ3n) is 5.16. The Morgan fingerprint density at radius 2 is 1.79 bits per heavy atom. The van der Waals surface area contributed by atoms with Gasteiger partial charge in [-0.2, -0.15) is 4.99 Å². The minimum Gasteiger partial charge on any atom is -0.372 e. The molecule has 154 valence electrons. The van der Waals surface area contributed by atoms with Gasteiger partial charge in [-0.05, 0) is 38.1 Å². The Balaban J connectivity index is 1.97.